The maximum Gasteiger partial charge on any atom is 0.260 e. The van der Waals surface area contributed by atoms with Gasteiger partial charge in [0.05, 0.1) is 12.5 Å². The number of benzene rings is 1. The fourth-order valence-corrected chi connectivity index (χ4v) is 2.23. The molecule has 1 aliphatic rings. The van der Waals surface area contributed by atoms with Crippen molar-refractivity contribution < 1.29 is 28.2 Å². The zero-order valence-corrected chi connectivity index (χ0v) is 13.7. The van der Waals surface area contributed by atoms with E-state index in [1.807, 2.05) is 0 Å². The van der Waals surface area contributed by atoms with Crippen LogP contribution in [0.2, 0.25) is 0 Å². The number of amides is 2. The fourth-order valence-electron chi connectivity index (χ4n) is 2.23. The van der Waals surface area contributed by atoms with Crippen LogP contribution in [-0.4, -0.2) is 63.5 Å². The molecule has 1 saturated heterocycles. The molecule has 8 heteroatoms. The van der Waals surface area contributed by atoms with E-state index in [2.05, 4.69) is 5.32 Å². The van der Waals surface area contributed by atoms with Crippen LogP contribution in [0.5, 0.6) is 5.75 Å². The summed E-state index contributed by atoms with van der Waals surface area (Å²) in [5.74, 6) is -1.19. The van der Waals surface area contributed by atoms with Crippen molar-refractivity contribution in [1.29, 1.82) is 0 Å². The maximum absolute atomic E-state index is 13.4. The highest BCUT2D eigenvalue weighted by molar-refractivity contribution is 5.85. The summed E-state index contributed by atoms with van der Waals surface area (Å²) in [4.78, 5) is 25.4. The molecule has 1 aromatic carbocycles. The van der Waals surface area contributed by atoms with Gasteiger partial charge >= 0.3 is 0 Å². The Kier molecular flexibility index (Phi) is 6.51. The standard InChI is InChI=1S/C16H21FN2O5/c1-22-15(23-2)7-18-16(21)11-8-19(9-11)14(20)10-24-13-6-4-3-5-12(13)17/h3-6,11,15H,7-10H2,1-2H3,(H,18,21). The highest BCUT2D eigenvalue weighted by Gasteiger charge is 2.35. The molecular weight excluding hydrogens is 319 g/mol. The van der Waals surface area contributed by atoms with Gasteiger partial charge in [-0.3, -0.25) is 9.59 Å². The largest absolute Gasteiger partial charge is 0.481 e. The molecule has 1 aliphatic heterocycles. The minimum absolute atomic E-state index is 0.0332. The molecule has 0 radical (unpaired) electrons. The minimum atomic E-state index is -0.517. The van der Waals surface area contributed by atoms with Gasteiger partial charge in [0.1, 0.15) is 0 Å². The Hall–Kier alpha value is -2.19. The molecule has 0 atom stereocenters. The van der Waals surface area contributed by atoms with E-state index in [1.165, 1.54) is 31.3 Å². The first-order valence-corrected chi connectivity index (χ1v) is 7.53. The molecule has 1 N–H and O–H groups in total. The van der Waals surface area contributed by atoms with Gasteiger partial charge in [0, 0.05) is 27.3 Å². The number of para-hydroxylation sites is 1. The molecule has 0 saturated carbocycles. The predicted octanol–water partition coefficient (Wildman–Crippen LogP) is 0.398. The third kappa shape index (κ3) is 4.65. The van der Waals surface area contributed by atoms with Crippen LogP contribution in [0, 0.1) is 11.7 Å². The van der Waals surface area contributed by atoms with E-state index in [4.69, 9.17) is 14.2 Å². The smallest absolute Gasteiger partial charge is 0.260 e. The molecule has 2 rings (SSSR count). The quantitative estimate of drug-likeness (QED) is 0.693. The summed E-state index contributed by atoms with van der Waals surface area (Å²) in [5.41, 5.74) is 0. The number of carbonyl (C=O) groups excluding carboxylic acids is 2. The van der Waals surface area contributed by atoms with Crippen molar-refractivity contribution >= 4 is 11.8 Å². The zero-order chi connectivity index (χ0) is 17.5. The molecule has 0 unspecified atom stereocenters. The average Bonchev–Trinajstić information content (AvgIpc) is 2.53. The summed E-state index contributed by atoms with van der Waals surface area (Å²) >= 11 is 0. The van der Waals surface area contributed by atoms with E-state index in [-0.39, 0.29) is 36.6 Å². The summed E-state index contributed by atoms with van der Waals surface area (Å²) < 4.78 is 28.5. The Labute approximate surface area is 139 Å². The number of methoxy groups -OCH3 is 2. The van der Waals surface area contributed by atoms with Gasteiger partial charge in [-0.1, -0.05) is 12.1 Å². The fraction of sp³-hybridized carbons (Fsp3) is 0.500. The third-order valence-electron chi connectivity index (χ3n) is 3.76. The molecule has 0 aromatic heterocycles. The van der Waals surface area contributed by atoms with Crippen LogP contribution < -0.4 is 10.1 Å². The Morgan fingerprint density at radius 3 is 2.58 bits per heavy atom. The molecular formula is C16H21FN2O5. The summed E-state index contributed by atoms with van der Waals surface area (Å²) in [6.07, 6.45) is -0.499. The Bertz CT molecular complexity index is 573. The van der Waals surface area contributed by atoms with Crippen molar-refractivity contribution in [3.8, 4) is 5.75 Å². The molecule has 1 fully saturated rings. The molecule has 24 heavy (non-hydrogen) atoms. The van der Waals surface area contributed by atoms with Gasteiger partial charge in [0.2, 0.25) is 5.91 Å². The van der Waals surface area contributed by atoms with Gasteiger partial charge in [0.15, 0.2) is 24.5 Å². The Balaban J connectivity index is 1.69. The second kappa shape index (κ2) is 8.60. The second-order valence-corrected chi connectivity index (χ2v) is 5.36. The SMILES string of the molecule is COC(CNC(=O)C1CN(C(=O)COc2ccccc2F)C1)OC. The van der Waals surface area contributed by atoms with E-state index in [0.29, 0.717) is 13.1 Å². The lowest BCUT2D eigenvalue weighted by molar-refractivity contribution is -0.146. The molecule has 0 spiro atoms. The van der Waals surface area contributed by atoms with Crippen molar-refractivity contribution in [3.63, 3.8) is 0 Å². The highest BCUT2D eigenvalue weighted by Crippen LogP contribution is 2.18. The lowest BCUT2D eigenvalue weighted by Crippen LogP contribution is -2.57. The number of ether oxygens (including phenoxy) is 3. The van der Waals surface area contributed by atoms with Crippen molar-refractivity contribution in [3.05, 3.63) is 30.1 Å². The zero-order valence-electron chi connectivity index (χ0n) is 13.7. The number of nitrogens with zero attached hydrogens (tertiary/aromatic N) is 1. The van der Waals surface area contributed by atoms with Gasteiger partial charge in [-0.2, -0.15) is 0 Å². The average molecular weight is 340 g/mol. The van der Waals surface area contributed by atoms with E-state index in [1.54, 1.807) is 12.1 Å². The van der Waals surface area contributed by atoms with E-state index >= 15 is 0 Å². The Morgan fingerprint density at radius 1 is 1.29 bits per heavy atom. The summed E-state index contributed by atoms with van der Waals surface area (Å²) in [6.45, 7) is 0.614. The normalized spacial score (nSPS) is 14.4. The van der Waals surface area contributed by atoms with E-state index in [0.717, 1.165) is 0 Å². The lowest BCUT2D eigenvalue weighted by Gasteiger charge is -2.38. The van der Waals surface area contributed by atoms with Crippen LogP contribution in [0.15, 0.2) is 24.3 Å². The van der Waals surface area contributed by atoms with Crippen molar-refractivity contribution in [2.75, 3.05) is 40.5 Å². The topological polar surface area (TPSA) is 77.1 Å². The first kappa shape index (κ1) is 18.2. The summed E-state index contributed by atoms with van der Waals surface area (Å²) in [6, 6.07) is 5.88. The first-order chi connectivity index (χ1) is 11.5. The van der Waals surface area contributed by atoms with Gasteiger partial charge in [-0.15, -0.1) is 0 Å². The van der Waals surface area contributed by atoms with Crippen molar-refractivity contribution in [2.45, 2.75) is 6.29 Å². The molecule has 132 valence electrons. The van der Waals surface area contributed by atoms with Gasteiger partial charge in [-0.25, -0.2) is 4.39 Å². The van der Waals surface area contributed by atoms with Gasteiger partial charge in [-0.05, 0) is 12.1 Å². The number of hydrogen-bond acceptors (Lipinski definition) is 5. The number of hydrogen-bond donors (Lipinski definition) is 1. The van der Waals surface area contributed by atoms with Crippen LogP contribution in [0.4, 0.5) is 4.39 Å². The minimum Gasteiger partial charge on any atom is -0.481 e. The van der Waals surface area contributed by atoms with Gasteiger partial charge in [0.25, 0.3) is 5.91 Å². The molecule has 1 aromatic rings. The molecule has 1 heterocycles. The van der Waals surface area contributed by atoms with Crippen LogP contribution in [0.3, 0.4) is 0 Å². The number of rotatable bonds is 8. The van der Waals surface area contributed by atoms with Gasteiger partial charge < -0.3 is 24.4 Å². The predicted molar refractivity (Wildman–Crippen MR) is 82.8 cm³/mol. The number of nitrogens with one attached hydrogen (secondary N) is 1. The number of likely N-dealkylation sites (tertiary alicyclic amines) is 1. The summed E-state index contributed by atoms with van der Waals surface area (Å²) in [7, 11) is 2.97. The van der Waals surface area contributed by atoms with E-state index in [9.17, 15) is 14.0 Å². The number of halogens is 1. The van der Waals surface area contributed by atoms with Crippen LogP contribution >= 0.6 is 0 Å². The lowest BCUT2D eigenvalue weighted by atomic mass is 9.99. The second-order valence-electron chi connectivity index (χ2n) is 5.36. The van der Waals surface area contributed by atoms with Crippen molar-refractivity contribution in [2.24, 2.45) is 5.92 Å². The monoisotopic (exact) mass is 340 g/mol. The highest BCUT2D eigenvalue weighted by atomic mass is 19.1. The number of carbonyl (C=O) groups is 2. The molecule has 2 amide bonds. The van der Waals surface area contributed by atoms with Crippen LogP contribution in [0.25, 0.3) is 0 Å². The Morgan fingerprint density at radius 2 is 1.96 bits per heavy atom. The van der Waals surface area contributed by atoms with Crippen molar-refractivity contribution in [1.82, 2.24) is 10.2 Å². The molecule has 7 nitrogen and oxygen atoms in total. The summed E-state index contributed by atoms with van der Waals surface area (Å²) in [5, 5.41) is 2.70. The van der Waals surface area contributed by atoms with Crippen LogP contribution in [0.1, 0.15) is 0 Å². The molecule has 0 bridgehead atoms. The third-order valence-corrected chi connectivity index (χ3v) is 3.76. The van der Waals surface area contributed by atoms with E-state index < -0.39 is 12.1 Å². The van der Waals surface area contributed by atoms with Crippen LogP contribution in [-0.2, 0) is 19.1 Å². The first-order valence-electron chi connectivity index (χ1n) is 7.53. The maximum atomic E-state index is 13.4. The molecule has 0 aliphatic carbocycles.